The number of amides is 3. The van der Waals surface area contributed by atoms with Crippen LogP contribution in [0.25, 0.3) is 22.2 Å². The van der Waals surface area contributed by atoms with Gasteiger partial charge in [0.25, 0.3) is 0 Å². The molecule has 42 heavy (non-hydrogen) atoms. The number of halogens is 1. The lowest BCUT2D eigenvalue weighted by molar-refractivity contribution is -0.0334. The molecule has 0 spiro atoms. The van der Waals surface area contributed by atoms with Gasteiger partial charge in [-0.1, -0.05) is 17.7 Å². The number of rotatable bonds is 2. The number of ether oxygens (including phenoxy) is 3. The number of pyridine rings is 1. The van der Waals surface area contributed by atoms with Gasteiger partial charge in [-0.15, -0.1) is 0 Å². The van der Waals surface area contributed by atoms with Crippen molar-refractivity contribution >= 4 is 34.8 Å². The molecule has 3 fully saturated rings. The minimum Gasteiger partial charge on any atom is -0.444 e. The fourth-order valence-electron chi connectivity index (χ4n) is 6.67. The summed E-state index contributed by atoms with van der Waals surface area (Å²) >= 11 is 6.43. The number of carbonyl (C=O) groups excluding carboxylic acids is 2. The SMILES string of the molecule is CC(C)(C)OC(=O)N1CCOC[C@H]1c1cc(-c2cnc3[nH]cc(Cl)c3c2)cc2c1CN(C(=O)N1C[C@H]3C[C@@H]1CO3)CC2. The number of aromatic nitrogens is 2. The number of carbonyl (C=O) groups is 2. The molecule has 3 amide bonds. The molecule has 10 nitrogen and oxygen atoms in total. The molecule has 0 aliphatic carbocycles. The number of nitrogens with one attached hydrogen (secondary N) is 1. The second-order valence-corrected chi connectivity index (χ2v) is 13.1. The van der Waals surface area contributed by atoms with Crippen molar-refractivity contribution in [3.8, 4) is 11.1 Å². The zero-order valence-electron chi connectivity index (χ0n) is 24.2. The maximum absolute atomic E-state index is 13.7. The third-order valence-electron chi connectivity index (χ3n) is 8.72. The normalized spacial score (nSPS) is 23.9. The van der Waals surface area contributed by atoms with E-state index in [1.807, 2.05) is 42.8 Å². The monoisotopic (exact) mass is 593 g/mol. The van der Waals surface area contributed by atoms with Crippen LogP contribution in [-0.2, 0) is 27.2 Å². The van der Waals surface area contributed by atoms with Gasteiger partial charge in [0.1, 0.15) is 11.2 Å². The van der Waals surface area contributed by atoms with Crippen molar-refractivity contribution in [1.82, 2.24) is 24.7 Å². The molecule has 2 bridgehead atoms. The van der Waals surface area contributed by atoms with Crippen LogP contribution >= 0.6 is 11.6 Å². The Morgan fingerprint density at radius 1 is 1.12 bits per heavy atom. The topological polar surface area (TPSA) is 100 Å². The number of likely N-dealkylation sites (tertiary alicyclic amines) is 1. The van der Waals surface area contributed by atoms with Crippen LogP contribution in [0.4, 0.5) is 9.59 Å². The summed E-state index contributed by atoms with van der Waals surface area (Å²) in [5, 5.41) is 1.47. The maximum Gasteiger partial charge on any atom is 0.410 e. The maximum atomic E-state index is 13.7. The van der Waals surface area contributed by atoms with Gasteiger partial charge in [0.2, 0.25) is 0 Å². The second-order valence-electron chi connectivity index (χ2n) is 12.7. The van der Waals surface area contributed by atoms with Crippen molar-refractivity contribution in [3.05, 3.63) is 52.3 Å². The highest BCUT2D eigenvalue weighted by atomic mass is 35.5. The number of benzene rings is 1. The molecule has 6 heterocycles. The van der Waals surface area contributed by atoms with Gasteiger partial charge in [0.15, 0.2) is 0 Å². The number of hydrogen-bond donors (Lipinski definition) is 1. The van der Waals surface area contributed by atoms with E-state index in [-0.39, 0.29) is 30.3 Å². The van der Waals surface area contributed by atoms with E-state index in [1.54, 1.807) is 11.1 Å². The summed E-state index contributed by atoms with van der Waals surface area (Å²) in [5.41, 5.74) is 5.22. The van der Waals surface area contributed by atoms with Gasteiger partial charge in [0, 0.05) is 49.5 Å². The van der Waals surface area contributed by atoms with Crippen molar-refractivity contribution in [2.45, 2.75) is 63.9 Å². The number of aromatic amines is 1. The summed E-state index contributed by atoms with van der Waals surface area (Å²) in [6.45, 7) is 9.19. The van der Waals surface area contributed by atoms with E-state index in [4.69, 9.17) is 25.8 Å². The summed E-state index contributed by atoms with van der Waals surface area (Å²) in [6, 6.07) is 6.21. The van der Waals surface area contributed by atoms with Gasteiger partial charge in [-0.3, -0.25) is 4.90 Å². The first-order valence-corrected chi connectivity index (χ1v) is 15.1. The van der Waals surface area contributed by atoms with Gasteiger partial charge >= 0.3 is 12.1 Å². The number of H-pyrrole nitrogens is 1. The minimum absolute atomic E-state index is 0.0621. The molecule has 4 aliphatic heterocycles. The predicted octanol–water partition coefficient (Wildman–Crippen LogP) is 5.14. The number of morpholine rings is 2. The molecule has 7 rings (SSSR count). The van der Waals surface area contributed by atoms with Gasteiger partial charge in [-0.2, -0.15) is 0 Å². The molecule has 4 aliphatic rings. The Kier molecular flexibility index (Phi) is 6.83. The molecular weight excluding hydrogens is 558 g/mol. The van der Waals surface area contributed by atoms with Crippen LogP contribution in [0.3, 0.4) is 0 Å². The Labute approximate surface area is 249 Å². The lowest BCUT2D eigenvalue weighted by Crippen LogP contribution is -2.50. The molecule has 1 N–H and O–H groups in total. The van der Waals surface area contributed by atoms with Crippen molar-refractivity contribution in [2.75, 3.05) is 39.5 Å². The number of urea groups is 1. The number of hydrogen-bond acceptors (Lipinski definition) is 6. The van der Waals surface area contributed by atoms with Crippen LogP contribution in [0.15, 0.2) is 30.6 Å². The average Bonchev–Trinajstić information content (AvgIpc) is 3.71. The number of nitrogens with zero attached hydrogens (tertiary/aromatic N) is 4. The summed E-state index contributed by atoms with van der Waals surface area (Å²) in [7, 11) is 0. The third kappa shape index (κ3) is 4.99. The van der Waals surface area contributed by atoms with Crippen LogP contribution in [0.1, 0.15) is 49.9 Å². The first-order chi connectivity index (χ1) is 20.1. The molecule has 3 aromatic rings. The summed E-state index contributed by atoms with van der Waals surface area (Å²) in [6.07, 6.45) is 4.99. The quantitative estimate of drug-likeness (QED) is 0.441. The molecule has 3 atom stereocenters. The Morgan fingerprint density at radius 3 is 2.74 bits per heavy atom. The highest BCUT2D eigenvalue weighted by Gasteiger charge is 2.44. The van der Waals surface area contributed by atoms with Crippen LogP contribution in [-0.4, -0.2) is 94.0 Å². The number of fused-ring (bicyclic) bond motifs is 4. The molecule has 0 unspecified atom stereocenters. The lowest BCUT2D eigenvalue weighted by Gasteiger charge is -2.40. The average molecular weight is 594 g/mol. The third-order valence-corrected chi connectivity index (χ3v) is 9.04. The van der Waals surface area contributed by atoms with Gasteiger partial charge in [-0.25, -0.2) is 14.6 Å². The predicted molar refractivity (Wildman–Crippen MR) is 157 cm³/mol. The summed E-state index contributed by atoms with van der Waals surface area (Å²) in [5.74, 6) is 0. The standard InChI is InChI=1S/C31H36ClN5O5/c1-31(2,3)42-30(39)36-6-7-40-17-27(36)23-9-19(20-10-24-26(32)13-34-28(24)33-12-20)8-18-4-5-35(15-25(18)23)29(38)37-14-22-11-21(37)16-41-22/h8-10,12-13,21-22,27H,4-7,11,14-17H2,1-3H3,(H,33,34)/t21-,22-,27+/m1/s1. The minimum atomic E-state index is -0.625. The van der Waals surface area contributed by atoms with E-state index < -0.39 is 5.60 Å². The van der Waals surface area contributed by atoms with Crippen LogP contribution in [0.5, 0.6) is 0 Å². The van der Waals surface area contributed by atoms with Gasteiger partial charge in [0.05, 0.1) is 43.0 Å². The van der Waals surface area contributed by atoms with E-state index in [0.29, 0.717) is 57.4 Å². The van der Waals surface area contributed by atoms with E-state index >= 15 is 0 Å². The largest absolute Gasteiger partial charge is 0.444 e. The van der Waals surface area contributed by atoms with Crippen molar-refractivity contribution in [1.29, 1.82) is 0 Å². The molecule has 11 heteroatoms. The van der Waals surface area contributed by atoms with Crippen molar-refractivity contribution < 1.29 is 23.8 Å². The second kappa shape index (κ2) is 10.4. The molecule has 1 aromatic carbocycles. The van der Waals surface area contributed by atoms with E-state index in [2.05, 4.69) is 22.1 Å². The smallest absolute Gasteiger partial charge is 0.410 e. The summed E-state index contributed by atoms with van der Waals surface area (Å²) < 4.78 is 17.5. The summed E-state index contributed by atoms with van der Waals surface area (Å²) in [4.78, 5) is 40.5. The van der Waals surface area contributed by atoms with Gasteiger partial charge in [-0.05, 0) is 68.0 Å². The van der Waals surface area contributed by atoms with Crippen LogP contribution in [0.2, 0.25) is 5.02 Å². The van der Waals surface area contributed by atoms with Crippen molar-refractivity contribution in [3.63, 3.8) is 0 Å². The zero-order chi connectivity index (χ0) is 29.2. The first kappa shape index (κ1) is 27.5. The van der Waals surface area contributed by atoms with Crippen LogP contribution < -0.4 is 0 Å². The van der Waals surface area contributed by atoms with Crippen LogP contribution in [0, 0.1) is 0 Å². The molecule has 3 saturated heterocycles. The Balaban J connectivity index is 1.28. The Bertz CT molecular complexity index is 1550. The lowest BCUT2D eigenvalue weighted by atomic mass is 9.87. The molecular formula is C31H36ClN5O5. The van der Waals surface area contributed by atoms with E-state index in [1.165, 1.54) is 0 Å². The van der Waals surface area contributed by atoms with Crippen molar-refractivity contribution in [2.24, 2.45) is 0 Å². The molecule has 0 saturated carbocycles. The Morgan fingerprint density at radius 2 is 1.98 bits per heavy atom. The zero-order valence-corrected chi connectivity index (χ0v) is 24.9. The van der Waals surface area contributed by atoms with E-state index in [9.17, 15) is 9.59 Å². The Hall–Kier alpha value is -3.34. The highest BCUT2D eigenvalue weighted by Crippen LogP contribution is 2.38. The molecule has 2 aromatic heterocycles. The van der Waals surface area contributed by atoms with E-state index in [0.717, 1.165) is 45.3 Å². The van der Waals surface area contributed by atoms with Gasteiger partial charge < -0.3 is 29.0 Å². The molecule has 0 radical (unpaired) electrons. The fraction of sp³-hybridized carbons (Fsp3) is 0.516. The molecule has 222 valence electrons. The highest BCUT2D eigenvalue weighted by molar-refractivity contribution is 6.35. The first-order valence-electron chi connectivity index (χ1n) is 14.7. The fourth-order valence-corrected chi connectivity index (χ4v) is 6.87.